The van der Waals surface area contributed by atoms with Crippen molar-refractivity contribution >= 4 is 27.3 Å². The van der Waals surface area contributed by atoms with Gasteiger partial charge in [0.1, 0.15) is 5.75 Å². The van der Waals surface area contributed by atoms with Gasteiger partial charge in [0.25, 0.3) is 0 Å². The fraction of sp³-hybridized carbons (Fsp3) is 0.143. The molecule has 0 heterocycles. The highest BCUT2D eigenvalue weighted by molar-refractivity contribution is 7.89. The smallest absolute Gasteiger partial charge is 0.243 e. The number of rotatable bonds is 4. The van der Waals surface area contributed by atoms with E-state index in [1.54, 1.807) is 24.3 Å². The first-order chi connectivity index (χ1) is 9.80. The summed E-state index contributed by atoms with van der Waals surface area (Å²) in [5, 5.41) is 9.91. The van der Waals surface area contributed by atoms with Crippen molar-refractivity contribution in [2.45, 2.75) is 11.4 Å². The third-order valence-corrected chi connectivity index (χ3v) is 5.04. The number of hydrogen-bond donors (Lipinski definition) is 2. The van der Waals surface area contributed by atoms with E-state index in [0.717, 1.165) is 5.56 Å². The Morgan fingerprint density at radius 2 is 1.95 bits per heavy atom. The lowest BCUT2D eigenvalue weighted by molar-refractivity contribution is 0.465. The van der Waals surface area contributed by atoms with Gasteiger partial charge in [-0.1, -0.05) is 23.7 Å². The van der Waals surface area contributed by atoms with E-state index in [1.807, 2.05) is 0 Å². The van der Waals surface area contributed by atoms with E-state index >= 15 is 0 Å². The molecule has 112 valence electrons. The molecule has 2 aromatic carbocycles. The molecule has 3 N–H and O–H groups in total. The largest absolute Gasteiger partial charge is 0.506 e. The Morgan fingerprint density at radius 1 is 1.24 bits per heavy atom. The average Bonchev–Trinajstić information content (AvgIpc) is 2.41. The van der Waals surface area contributed by atoms with Gasteiger partial charge in [-0.25, -0.2) is 8.42 Å². The van der Waals surface area contributed by atoms with Gasteiger partial charge in [-0.05, 0) is 35.9 Å². The molecule has 0 radical (unpaired) electrons. The Labute approximate surface area is 128 Å². The lowest BCUT2D eigenvalue weighted by Crippen LogP contribution is -2.26. The van der Waals surface area contributed by atoms with Gasteiger partial charge in [0.15, 0.2) is 0 Å². The number of hydrogen-bond acceptors (Lipinski definition) is 4. The van der Waals surface area contributed by atoms with Crippen LogP contribution in [0.3, 0.4) is 0 Å². The van der Waals surface area contributed by atoms with Gasteiger partial charge in [-0.3, -0.25) is 0 Å². The van der Waals surface area contributed by atoms with Crippen LogP contribution in [0.4, 0.5) is 5.69 Å². The van der Waals surface area contributed by atoms with E-state index < -0.39 is 10.0 Å². The van der Waals surface area contributed by atoms with Crippen LogP contribution in [0.15, 0.2) is 47.4 Å². The molecule has 0 aliphatic carbocycles. The van der Waals surface area contributed by atoms with Gasteiger partial charge < -0.3 is 10.8 Å². The lowest BCUT2D eigenvalue weighted by atomic mass is 10.2. The Hall–Kier alpha value is -1.76. The molecule has 5 nitrogen and oxygen atoms in total. The molecule has 0 unspecified atom stereocenters. The molecule has 2 rings (SSSR count). The van der Waals surface area contributed by atoms with Crippen LogP contribution < -0.4 is 5.73 Å². The van der Waals surface area contributed by atoms with Crippen molar-refractivity contribution in [3.63, 3.8) is 0 Å². The monoisotopic (exact) mass is 326 g/mol. The summed E-state index contributed by atoms with van der Waals surface area (Å²) in [6.07, 6.45) is 0. The highest BCUT2D eigenvalue weighted by Gasteiger charge is 2.21. The molecule has 0 fully saturated rings. The lowest BCUT2D eigenvalue weighted by Gasteiger charge is -2.18. The van der Waals surface area contributed by atoms with Crippen molar-refractivity contribution < 1.29 is 13.5 Å². The van der Waals surface area contributed by atoms with E-state index in [0.29, 0.717) is 5.02 Å². The number of sulfonamides is 1. The zero-order valence-electron chi connectivity index (χ0n) is 11.3. The number of phenolic OH excluding ortho intramolecular Hbond substituents is 1. The van der Waals surface area contributed by atoms with Crippen LogP contribution in [0.2, 0.25) is 5.02 Å². The van der Waals surface area contributed by atoms with Crippen molar-refractivity contribution in [3.05, 3.63) is 53.1 Å². The molecule has 0 bridgehead atoms. The maximum absolute atomic E-state index is 12.4. The first-order valence-corrected chi connectivity index (χ1v) is 7.92. The van der Waals surface area contributed by atoms with Crippen LogP contribution in [-0.4, -0.2) is 24.9 Å². The number of nitrogens with zero attached hydrogens (tertiary/aromatic N) is 1. The highest BCUT2D eigenvalue weighted by atomic mass is 35.5. The van der Waals surface area contributed by atoms with Gasteiger partial charge >= 0.3 is 0 Å². The summed E-state index contributed by atoms with van der Waals surface area (Å²) in [5.41, 5.74) is 6.34. The topological polar surface area (TPSA) is 83.6 Å². The van der Waals surface area contributed by atoms with Crippen LogP contribution >= 0.6 is 11.6 Å². The van der Waals surface area contributed by atoms with E-state index in [1.165, 1.54) is 29.6 Å². The summed E-state index contributed by atoms with van der Waals surface area (Å²) in [4.78, 5) is 0.0299. The standard InChI is InChI=1S/C14H15ClN2O3S/c1-17(9-10-3-2-4-11(15)7-10)21(19,20)12-5-6-14(18)13(16)8-12/h2-8,18H,9,16H2,1H3. The van der Waals surface area contributed by atoms with Crippen molar-refractivity contribution in [2.75, 3.05) is 12.8 Å². The molecule has 7 heteroatoms. The Bertz CT molecular complexity index is 763. The second-order valence-electron chi connectivity index (χ2n) is 4.61. The Balaban J connectivity index is 2.28. The number of nitrogen functional groups attached to an aromatic ring is 1. The predicted octanol–water partition coefficient (Wildman–Crippen LogP) is 2.45. The molecule has 0 amide bonds. The molecule has 0 atom stereocenters. The summed E-state index contributed by atoms with van der Waals surface area (Å²) < 4.78 is 26.1. The summed E-state index contributed by atoms with van der Waals surface area (Å²) >= 11 is 5.89. The van der Waals surface area contributed by atoms with Gasteiger partial charge in [0.2, 0.25) is 10.0 Å². The predicted molar refractivity (Wildman–Crippen MR) is 82.6 cm³/mol. The Kier molecular flexibility index (Phi) is 4.41. The third-order valence-electron chi connectivity index (χ3n) is 3.00. The second-order valence-corrected chi connectivity index (χ2v) is 7.09. The average molecular weight is 327 g/mol. The Morgan fingerprint density at radius 3 is 2.57 bits per heavy atom. The molecular formula is C14H15ClN2O3S. The van der Waals surface area contributed by atoms with Crippen LogP contribution in [-0.2, 0) is 16.6 Å². The number of anilines is 1. The van der Waals surface area contributed by atoms with E-state index in [-0.39, 0.29) is 22.9 Å². The summed E-state index contributed by atoms with van der Waals surface area (Å²) in [5.74, 6) is -0.147. The van der Waals surface area contributed by atoms with Crippen molar-refractivity contribution in [1.29, 1.82) is 0 Å². The van der Waals surface area contributed by atoms with Gasteiger partial charge in [0, 0.05) is 18.6 Å². The van der Waals surface area contributed by atoms with E-state index in [4.69, 9.17) is 17.3 Å². The summed E-state index contributed by atoms with van der Waals surface area (Å²) in [6, 6.07) is 10.8. The van der Waals surface area contributed by atoms with E-state index in [9.17, 15) is 13.5 Å². The molecule has 0 aliphatic rings. The molecule has 0 spiro atoms. The summed E-state index contributed by atoms with van der Waals surface area (Å²) in [6.45, 7) is 0.184. The number of nitrogens with two attached hydrogens (primary N) is 1. The minimum Gasteiger partial charge on any atom is -0.506 e. The molecule has 0 aliphatic heterocycles. The number of halogens is 1. The fourth-order valence-electron chi connectivity index (χ4n) is 1.85. The van der Waals surface area contributed by atoms with Crippen molar-refractivity contribution in [2.24, 2.45) is 0 Å². The molecule has 21 heavy (non-hydrogen) atoms. The normalized spacial score (nSPS) is 11.8. The zero-order chi connectivity index (χ0) is 15.6. The van der Waals surface area contributed by atoms with Crippen molar-refractivity contribution in [1.82, 2.24) is 4.31 Å². The SMILES string of the molecule is CN(Cc1cccc(Cl)c1)S(=O)(=O)c1ccc(O)c(N)c1. The minimum absolute atomic E-state index is 0.0206. The van der Waals surface area contributed by atoms with Crippen LogP contribution in [0.5, 0.6) is 5.75 Å². The van der Waals surface area contributed by atoms with Gasteiger partial charge in [-0.15, -0.1) is 0 Å². The maximum Gasteiger partial charge on any atom is 0.243 e. The highest BCUT2D eigenvalue weighted by Crippen LogP contribution is 2.25. The second kappa shape index (κ2) is 5.93. The number of benzene rings is 2. The van der Waals surface area contributed by atoms with Crippen molar-refractivity contribution in [3.8, 4) is 5.75 Å². The molecule has 0 aromatic heterocycles. The zero-order valence-corrected chi connectivity index (χ0v) is 12.9. The number of phenols is 1. The number of aromatic hydroxyl groups is 1. The molecule has 0 saturated heterocycles. The van der Waals surface area contributed by atoms with Crippen LogP contribution in [0, 0.1) is 0 Å². The molecule has 2 aromatic rings. The summed E-state index contributed by atoms with van der Waals surface area (Å²) in [7, 11) is -2.22. The first-order valence-electron chi connectivity index (χ1n) is 6.10. The van der Waals surface area contributed by atoms with Crippen LogP contribution in [0.25, 0.3) is 0 Å². The van der Waals surface area contributed by atoms with Crippen LogP contribution in [0.1, 0.15) is 5.56 Å². The first kappa shape index (κ1) is 15.6. The maximum atomic E-state index is 12.4. The molecule has 0 saturated carbocycles. The third kappa shape index (κ3) is 3.47. The molecular weight excluding hydrogens is 312 g/mol. The van der Waals surface area contributed by atoms with E-state index in [2.05, 4.69) is 0 Å². The van der Waals surface area contributed by atoms with Gasteiger partial charge in [0.05, 0.1) is 10.6 Å². The minimum atomic E-state index is -3.69. The fourth-order valence-corrected chi connectivity index (χ4v) is 3.26. The van der Waals surface area contributed by atoms with Gasteiger partial charge in [-0.2, -0.15) is 4.31 Å². The quantitative estimate of drug-likeness (QED) is 0.667.